The standard InChI is InChI=1S/C29H33F2N3O3/c30-21-7-10-28(25(31)19-21)36-23-13-17-34(18-14-23)16-12-20-5-8-22(9-6-20)33-29(35)37-27-11-15-32-26-4-2-1-3-24(26)27/h1-4,7,10-11,15,19-20,22-23H,5-6,8-9,12-14,16-18H2,(H,33,35)/t20-,22-. The Morgan fingerprint density at radius 3 is 2.54 bits per heavy atom. The van der Waals surface area contributed by atoms with Crippen LogP contribution in [0.25, 0.3) is 10.9 Å². The lowest BCUT2D eigenvalue weighted by Crippen LogP contribution is -2.41. The van der Waals surface area contributed by atoms with Crippen LogP contribution in [-0.4, -0.2) is 47.8 Å². The Morgan fingerprint density at radius 1 is 0.973 bits per heavy atom. The average Bonchev–Trinajstić information content (AvgIpc) is 2.91. The van der Waals surface area contributed by atoms with Crippen LogP contribution in [0.5, 0.6) is 11.5 Å². The molecular weight excluding hydrogens is 476 g/mol. The number of nitrogens with zero attached hydrogens (tertiary/aromatic N) is 2. The van der Waals surface area contributed by atoms with Gasteiger partial charge in [-0.05, 0) is 87.7 Å². The minimum atomic E-state index is -0.647. The van der Waals surface area contributed by atoms with Crippen LogP contribution in [0.3, 0.4) is 0 Å². The summed E-state index contributed by atoms with van der Waals surface area (Å²) in [5.41, 5.74) is 0.798. The highest BCUT2D eigenvalue weighted by molar-refractivity contribution is 5.87. The van der Waals surface area contributed by atoms with Crippen molar-refractivity contribution in [2.45, 2.75) is 57.1 Å². The van der Waals surface area contributed by atoms with E-state index in [0.29, 0.717) is 11.7 Å². The molecule has 1 aromatic heterocycles. The lowest BCUT2D eigenvalue weighted by Gasteiger charge is -2.34. The van der Waals surface area contributed by atoms with E-state index in [4.69, 9.17) is 9.47 Å². The zero-order chi connectivity index (χ0) is 25.6. The molecule has 1 saturated heterocycles. The minimum Gasteiger partial charge on any atom is -0.487 e. The highest BCUT2D eigenvalue weighted by Gasteiger charge is 2.26. The van der Waals surface area contributed by atoms with E-state index in [-0.39, 0.29) is 17.9 Å². The summed E-state index contributed by atoms with van der Waals surface area (Å²) in [7, 11) is 0. The van der Waals surface area contributed by atoms with E-state index in [1.807, 2.05) is 24.3 Å². The van der Waals surface area contributed by atoms with E-state index >= 15 is 0 Å². The largest absolute Gasteiger partial charge is 0.487 e. The van der Waals surface area contributed by atoms with Crippen molar-refractivity contribution in [3.8, 4) is 11.5 Å². The molecule has 2 aliphatic rings. The number of para-hydroxylation sites is 1. The predicted molar refractivity (Wildman–Crippen MR) is 138 cm³/mol. The fourth-order valence-electron chi connectivity index (χ4n) is 5.42. The van der Waals surface area contributed by atoms with Crippen LogP contribution in [0.2, 0.25) is 0 Å². The zero-order valence-corrected chi connectivity index (χ0v) is 20.9. The lowest BCUT2D eigenvalue weighted by molar-refractivity contribution is 0.0917. The van der Waals surface area contributed by atoms with Gasteiger partial charge in [-0.2, -0.15) is 0 Å². The summed E-state index contributed by atoms with van der Waals surface area (Å²) in [6, 6.07) is 12.9. The fourth-order valence-corrected chi connectivity index (χ4v) is 5.42. The second-order valence-corrected chi connectivity index (χ2v) is 10.1. The van der Waals surface area contributed by atoms with Crippen molar-refractivity contribution in [1.82, 2.24) is 15.2 Å². The number of hydrogen-bond donors (Lipinski definition) is 1. The molecule has 1 N–H and O–H groups in total. The Bertz CT molecular complexity index is 1200. The number of benzene rings is 2. The van der Waals surface area contributed by atoms with E-state index in [0.717, 1.165) is 81.5 Å². The highest BCUT2D eigenvalue weighted by Crippen LogP contribution is 2.29. The molecular formula is C29H33F2N3O3. The number of piperidine rings is 1. The van der Waals surface area contributed by atoms with Crippen LogP contribution in [0, 0.1) is 17.6 Å². The Labute approximate surface area is 216 Å². The Morgan fingerprint density at radius 2 is 1.76 bits per heavy atom. The Hall–Kier alpha value is -3.26. The molecule has 0 spiro atoms. The second kappa shape index (κ2) is 11.9. The molecule has 0 atom stereocenters. The smallest absolute Gasteiger partial charge is 0.412 e. The first kappa shape index (κ1) is 25.4. The summed E-state index contributed by atoms with van der Waals surface area (Å²) in [6.07, 6.45) is 8.10. The number of ether oxygens (including phenoxy) is 2. The van der Waals surface area contributed by atoms with Crippen molar-refractivity contribution in [2.24, 2.45) is 5.92 Å². The molecule has 8 heteroatoms. The van der Waals surface area contributed by atoms with E-state index in [1.165, 1.54) is 12.1 Å². The van der Waals surface area contributed by atoms with Crippen molar-refractivity contribution in [3.63, 3.8) is 0 Å². The molecule has 0 radical (unpaired) electrons. The number of aromatic nitrogens is 1. The quantitative estimate of drug-likeness (QED) is 0.417. The van der Waals surface area contributed by atoms with Crippen LogP contribution in [0.15, 0.2) is 54.7 Å². The molecule has 6 nitrogen and oxygen atoms in total. The predicted octanol–water partition coefficient (Wildman–Crippen LogP) is 6.09. The lowest BCUT2D eigenvalue weighted by atomic mass is 9.84. The number of halogens is 2. The van der Waals surface area contributed by atoms with E-state index in [9.17, 15) is 13.6 Å². The molecule has 2 heterocycles. The maximum absolute atomic E-state index is 13.9. The van der Waals surface area contributed by atoms with Crippen molar-refractivity contribution in [1.29, 1.82) is 0 Å². The number of pyridine rings is 1. The van der Waals surface area contributed by atoms with Gasteiger partial charge in [0.25, 0.3) is 0 Å². The molecule has 1 aliphatic carbocycles. The van der Waals surface area contributed by atoms with Gasteiger partial charge in [0.05, 0.1) is 5.52 Å². The van der Waals surface area contributed by atoms with Gasteiger partial charge >= 0.3 is 6.09 Å². The van der Waals surface area contributed by atoms with Gasteiger partial charge in [0.1, 0.15) is 17.7 Å². The van der Waals surface area contributed by atoms with Crippen molar-refractivity contribution < 1.29 is 23.0 Å². The SMILES string of the molecule is O=C(N[C@H]1CC[C@H](CCN2CCC(Oc3ccc(F)cc3F)CC2)CC1)Oc1ccnc2ccccc12. The molecule has 37 heavy (non-hydrogen) atoms. The van der Waals surface area contributed by atoms with Gasteiger partial charge in [0.2, 0.25) is 0 Å². The summed E-state index contributed by atoms with van der Waals surface area (Å²) >= 11 is 0. The van der Waals surface area contributed by atoms with Gasteiger partial charge in [0, 0.05) is 36.8 Å². The number of fused-ring (bicyclic) bond motifs is 1. The first-order chi connectivity index (χ1) is 18.0. The number of likely N-dealkylation sites (tertiary alicyclic amines) is 1. The molecule has 196 valence electrons. The minimum absolute atomic E-state index is 0.0392. The summed E-state index contributed by atoms with van der Waals surface area (Å²) < 4.78 is 38.3. The number of carbonyl (C=O) groups is 1. The van der Waals surface area contributed by atoms with Gasteiger partial charge in [0.15, 0.2) is 11.6 Å². The van der Waals surface area contributed by atoms with Gasteiger partial charge in [-0.1, -0.05) is 12.1 Å². The maximum Gasteiger partial charge on any atom is 0.412 e. The van der Waals surface area contributed by atoms with Crippen molar-refractivity contribution in [2.75, 3.05) is 19.6 Å². The fraction of sp³-hybridized carbons (Fsp3) is 0.448. The van der Waals surface area contributed by atoms with Gasteiger partial charge < -0.3 is 19.7 Å². The third-order valence-corrected chi connectivity index (χ3v) is 7.56. The monoisotopic (exact) mass is 509 g/mol. The van der Waals surface area contributed by atoms with Crippen LogP contribution in [0.1, 0.15) is 44.9 Å². The Balaban J connectivity index is 0.992. The van der Waals surface area contributed by atoms with E-state index < -0.39 is 17.7 Å². The molecule has 5 rings (SSSR count). The van der Waals surface area contributed by atoms with Crippen LogP contribution in [0.4, 0.5) is 13.6 Å². The molecule has 0 unspecified atom stereocenters. The van der Waals surface area contributed by atoms with E-state index in [2.05, 4.69) is 15.2 Å². The topological polar surface area (TPSA) is 63.7 Å². The third-order valence-electron chi connectivity index (χ3n) is 7.56. The number of hydrogen-bond acceptors (Lipinski definition) is 5. The molecule has 1 aliphatic heterocycles. The molecule has 3 aromatic rings. The van der Waals surface area contributed by atoms with Crippen molar-refractivity contribution in [3.05, 3.63) is 66.4 Å². The number of carbonyl (C=O) groups excluding carboxylic acids is 1. The molecule has 2 aromatic carbocycles. The summed E-state index contributed by atoms with van der Waals surface area (Å²) in [5, 5.41) is 3.86. The number of nitrogens with one attached hydrogen (secondary N) is 1. The summed E-state index contributed by atoms with van der Waals surface area (Å²) in [6.45, 7) is 2.87. The zero-order valence-electron chi connectivity index (χ0n) is 20.9. The maximum atomic E-state index is 13.9. The normalized spacial score (nSPS) is 21.0. The third kappa shape index (κ3) is 6.74. The molecule has 0 bridgehead atoms. The van der Waals surface area contributed by atoms with Gasteiger partial charge in [-0.25, -0.2) is 13.6 Å². The average molecular weight is 510 g/mol. The molecule has 1 saturated carbocycles. The summed E-state index contributed by atoms with van der Waals surface area (Å²) in [5.74, 6) is 0.0622. The van der Waals surface area contributed by atoms with Gasteiger partial charge in [-0.15, -0.1) is 0 Å². The molecule has 1 amide bonds. The first-order valence-electron chi connectivity index (χ1n) is 13.2. The molecule has 2 fully saturated rings. The first-order valence-corrected chi connectivity index (χ1v) is 13.2. The van der Waals surface area contributed by atoms with Crippen molar-refractivity contribution >= 4 is 17.0 Å². The van der Waals surface area contributed by atoms with Gasteiger partial charge in [-0.3, -0.25) is 4.98 Å². The Kier molecular flexibility index (Phi) is 8.14. The summed E-state index contributed by atoms with van der Waals surface area (Å²) in [4.78, 5) is 19.3. The van der Waals surface area contributed by atoms with Crippen LogP contribution >= 0.6 is 0 Å². The number of amides is 1. The highest BCUT2D eigenvalue weighted by atomic mass is 19.1. The van der Waals surface area contributed by atoms with Crippen LogP contribution < -0.4 is 14.8 Å². The number of rotatable bonds is 7. The van der Waals surface area contributed by atoms with E-state index in [1.54, 1.807) is 12.3 Å². The van der Waals surface area contributed by atoms with Crippen LogP contribution in [-0.2, 0) is 0 Å². The second-order valence-electron chi connectivity index (χ2n) is 10.1.